The van der Waals surface area contributed by atoms with Gasteiger partial charge >= 0.3 is 0 Å². The zero-order valence-electron chi connectivity index (χ0n) is 32.3. The summed E-state index contributed by atoms with van der Waals surface area (Å²) in [6.07, 6.45) is 5.85. The summed E-state index contributed by atoms with van der Waals surface area (Å²) in [6.45, 7) is 5.96. The van der Waals surface area contributed by atoms with Gasteiger partial charge in [-0.1, -0.05) is 42.8 Å². The summed E-state index contributed by atoms with van der Waals surface area (Å²) in [5.41, 5.74) is 5.46. The molecule has 2 unspecified atom stereocenters. The van der Waals surface area contributed by atoms with Gasteiger partial charge in [-0.3, -0.25) is 14.4 Å². The van der Waals surface area contributed by atoms with Crippen LogP contribution >= 0.6 is 0 Å². The first kappa shape index (κ1) is 44.6. The Morgan fingerprint density at radius 2 is 1.33 bits per heavy atom. The largest absolute Gasteiger partial charge is 0.379 e. The summed E-state index contributed by atoms with van der Waals surface area (Å²) in [5.74, 6) is 0.410. The van der Waals surface area contributed by atoms with Crippen molar-refractivity contribution in [1.82, 2.24) is 41.4 Å². The van der Waals surface area contributed by atoms with Gasteiger partial charge in [0.2, 0.25) is 17.6 Å². The lowest BCUT2D eigenvalue weighted by molar-refractivity contribution is -0.122. The molecule has 18 nitrogen and oxygen atoms in total. The number of carbonyl (C=O) groups is 3. The first-order valence-electron chi connectivity index (χ1n) is 19.0. The second-order valence-corrected chi connectivity index (χ2v) is 12.9. The third kappa shape index (κ3) is 17.7. The number of rotatable bonds is 27. The van der Waals surface area contributed by atoms with Crippen LogP contribution in [0, 0.1) is 6.92 Å². The second kappa shape index (κ2) is 26.0. The Kier molecular flexibility index (Phi) is 20.3. The first-order chi connectivity index (χ1) is 27.8. The quantitative estimate of drug-likeness (QED) is 0.0317. The molecule has 2 atom stereocenters. The lowest BCUT2D eigenvalue weighted by atomic mass is 10.1. The van der Waals surface area contributed by atoms with Crippen molar-refractivity contribution in [2.75, 3.05) is 65.9 Å². The minimum absolute atomic E-state index is 0.107. The van der Waals surface area contributed by atoms with Gasteiger partial charge in [-0.25, -0.2) is 10.3 Å². The third-order valence-electron chi connectivity index (χ3n) is 8.43. The molecule has 5 N–H and O–H groups in total. The zero-order valence-corrected chi connectivity index (χ0v) is 32.3. The minimum Gasteiger partial charge on any atom is -0.379 e. The van der Waals surface area contributed by atoms with E-state index < -0.39 is 12.5 Å². The van der Waals surface area contributed by atoms with Gasteiger partial charge < -0.3 is 39.8 Å². The highest BCUT2D eigenvalue weighted by molar-refractivity contribution is 5.95. The molecule has 0 saturated heterocycles. The van der Waals surface area contributed by atoms with Crippen molar-refractivity contribution < 1.29 is 43.5 Å². The molecule has 0 saturated carbocycles. The molecule has 0 bridgehead atoms. The lowest BCUT2D eigenvalue weighted by Gasteiger charge is -2.23. The van der Waals surface area contributed by atoms with E-state index in [9.17, 15) is 24.6 Å². The number of nitrogens with one attached hydrogen (secondary N) is 3. The van der Waals surface area contributed by atoms with Crippen LogP contribution in [0.3, 0.4) is 0 Å². The topological polar surface area (TPSA) is 232 Å². The summed E-state index contributed by atoms with van der Waals surface area (Å²) in [6, 6.07) is 14.3. The van der Waals surface area contributed by atoms with Gasteiger partial charge in [0, 0.05) is 43.6 Å². The number of hydrogen-bond donors (Lipinski definition) is 5. The maximum atomic E-state index is 12.4. The molecule has 2 aromatic carbocycles. The number of aliphatic hydroxyl groups is 2. The molecule has 308 valence electrons. The summed E-state index contributed by atoms with van der Waals surface area (Å²) < 4.78 is 22.0. The van der Waals surface area contributed by atoms with E-state index in [0.717, 1.165) is 29.5 Å². The standard InChI is InChI=1S/C39H53N9O9/c1-29-43-46-38(47-44-29)32-10-6-30(7-11-32)27-41-34(49)16-19-54-21-23-56-25-26-57-24-22-55-20-17-40-39(53)33-12-8-31(9-13-33)28-42-45-35(50)5-3-2-4-18-48-36(51)14-15-37(48)52/h6-15,28,36-37,51-52H,2-5,16-27H2,1H3,(H,40,53)(H,41,49)(H,45,50)/b42-28+. The molecule has 4 rings (SSSR count). The second-order valence-electron chi connectivity index (χ2n) is 12.9. The van der Waals surface area contributed by atoms with Gasteiger partial charge in [0.25, 0.3) is 5.91 Å². The summed E-state index contributed by atoms with van der Waals surface area (Å²) in [5, 5.41) is 45.0. The minimum atomic E-state index is -0.764. The van der Waals surface area contributed by atoms with E-state index in [4.69, 9.17) is 18.9 Å². The Morgan fingerprint density at radius 1 is 0.719 bits per heavy atom. The monoisotopic (exact) mass is 791 g/mol. The first-order valence-corrected chi connectivity index (χ1v) is 19.0. The molecule has 0 radical (unpaired) electrons. The van der Waals surface area contributed by atoms with Crippen LogP contribution in [0.15, 0.2) is 65.8 Å². The fourth-order valence-electron chi connectivity index (χ4n) is 5.27. The fraction of sp³-hybridized carbons (Fsp3) is 0.487. The van der Waals surface area contributed by atoms with Crippen molar-refractivity contribution in [2.45, 2.75) is 58.0 Å². The lowest BCUT2D eigenvalue weighted by Crippen LogP contribution is -2.37. The SMILES string of the molecule is Cc1nnc(-c2ccc(CNC(=O)CCOCCOCCOCCOCCNC(=O)c3ccc(/C=N/NC(=O)CCCCCN4C(O)C=CC4O)cc3)cc2)nn1. The molecule has 3 aromatic rings. The summed E-state index contributed by atoms with van der Waals surface area (Å²) in [7, 11) is 0. The number of aliphatic hydroxyl groups excluding tert-OH is 2. The number of amides is 3. The molecule has 18 heteroatoms. The molecule has 1 aromatic heterocycles. The van der Waals surface area contributed by atoms with E-state index in [1.54, 1.807) is 48.2 Å². The number of aromatic nitrogens is 4. The van der Waals surface area contributed by atoms with Crippen LogP contribution in [-0.4, -0.2) is 138 Å². The van der Waals surface area contributed by atoms with Gasteiger partial charge in [0.1, 0.15) is 12.5 Å². The molecule has 2 heterocycles. The summed E-state index contributed by atoms with van der Waals surface area (Å²) in [4.78, 5) is 38.2. The van der Waals surface area contributed by atoms with E-state index in [-0.39, 0.29) is 24.1 Å². The van der Waals surface area contributed by atoms with Gasteiger partial charge in [0.05, 0.1) is 59.1 Å². The Balaban J connectivity index is 0.894. The zero-order chi connectivity index (χ0) is 40.5. The number of aryl methyl sites for hydroxylation is 1. The van der Waals surface area contributed by atoms with E-state index in [1.165, 1.54) is 6.21 Å². The number of carbonyl (C=O) groups excluding carboxylic acids is 3. The Hall–Kier alpha value is -5.08. The fourth-order valence-corrected chi connectivity index (χ4v) is 5.27. The molecule has 1 aliphatic rings. The van der Waals surface area contributed by atoms with Crippen molar-refractivity contribution in [3.05, 3.63) is 83.2 Å². The van der Waals surface area contributed by atoms with Crippen LogP contribution in [0.2, 0.25) is 0 Å². The van der Waals surface area contributed by atoms with E-state index >= 15 is 0 Å². The number of hydrazone groups is 1. The maximum absolute atomic E-state index is 12.4. The van der Waals surface area contributed by atoms with Crippen LogP contribution in [0.25, 0.3) is 11.4 Å². The smallest absolute Gasteiger partial charge is 0.251 e. The Morgan fingerprint density at radius 3 is 1.98 bits per heavy atom. The van der Waals surface area contributed by atoms with Crippen molar-refractivity contribution >= 4 is 23.9 Å². The molecule has 3 amide bonds. The van der Waals surface area contributed by atoms with Crippen LogP contribution in [-0.2, 0) is 35.1 Å². The average Bonchev–Trinajstić information content (AvgIpc) is 3.54. The molecule has 1 aliphatic heterocycles. The molecule has 57 heavy (non-hydrogen) atoms. The number of ether oxygens (including phenoxy) is 4. The molecular weight excluding hydrogens is 738 g/mol. The van der Waals surface area contributed by atoms with Gasteiger partial charge in [-0.15, -0.1) is 20.4 Å². The number of hydrogen-bond acceptors (Lipinski definition) is 15. The maximum Gasteiger partial charge on any atom is 0.251 e. The molecule has 0 fully saturated rings. The van der Waals surface area contributed by atoms with Crippen LogP contribution < -0.4 is 16.1 Å². The Bertz CT molecular complexity index is 1680. The van der Waals surface area contributed by atoms with Gasteiger partial charge in [-0.05, 0) is 55.2 Å². The number of unbranched alkanes of at least 4 members (excludes halogenated alkanes) is 2. The Labute approximate surface area is 332 Å². The number of benzene rings is 2. The third-order valence-corrected chi connectivity index (χ3v) is 8.43. The van der Waals surface area contributed by atoms with Crippen LogP contribution in [0.4, 0.5) is 0 Å². The highest BCUT2D eigenvalue weighted by atomic mass is 16.6. The van der Waals surface area contributed by atoms with Gasteiger partial charge in [0.15, 0.2) is 5.82 Å². The number of nitrogens with zero attached hydrogens (tertiary/aromatic N) is 6. The molecular formula is C39H53N9O9. The van der Waals surface area contributed by atoms with E-state index in [0.29, 0.717) is 103 Å². The van der Waals surface area contributed by atoms with Crippen LogP contribution in [0.1, 0.15) is 59.4 Å². The van der Waals surface area contributed by atoms with Crippen molar-refractivity contribution in [2.24, 2.45) is 5.10 Å². The van der Waals surface area contributed by atoms with Crippen molar-refractivity contribution in [3.63, 3.8) is 0 Å². The van der Waals surface area contributed by atoms with E-state index in [1.807, 2.05) is 24.3 Å². The molecule has 0 spiro atoms. The highest BCUT2D eigenvalue weighted by Crippen LogP contribution is 2.15. The van der Waals surface area contributed by atoms with E-state index in [2.05, 4.69) is 41.6 Å². The van der Waals surface area contributed by atoms with Gasteiger partial charge in [-0.2, -0.15) is 5.10 Å². The summed E-state index contributed by atoms with van der Waals surface area (Å²) >= 11 is 0. The average molecular weight is 792 g/mol. The predicted octanol–water partition coefficient (Wildman–Crippen LogP) is 1.26. The molecule has 0 aliphatic carbocycles. The normalized spacial score (nSPS) is 15.3. The van der Waals surface area contributed by atoms with Crippen molar-refractivity contribution in [3.8, 4) is 11.4 Å². The predicted molar refractivity (Wildman–Crippen MR) is 208 cm³/mol. The van der Waals surface area contributed by atoms with Crippen LogP contribution in [0.5, 0.6) is 0 Å². The highest BCUT2D eigenvalue weighted by Gasteiger charge is 2.24. The van der Waals surface area contributed by atoms with Crippen molar-refractivity contribution in [1.29, 1.82) is 0 Å².